The first kappa shape index (κ1) is 13.0. The van der Waals surface area contributed by atoms with Gasteiger partial charge in [-0.3, -0.25) is 0 Å². The Morgan fingerprint density at radius 2 is 1.62 bits per heavy atom. The quantitative estimate of drug-likeness (QED) is 0.433. The third kappa shape index (κ3) is 7.12. The summed E-state index contributed by atoms with van der Waals surface area (Å²) in [6.45, 7) is 9.17. The number of unbranched alkanes of at least 4 members (excludes halogenated alkanes) is 1. The van der Waals surface area contributed by atoms with Crippen molar-refractivity contribution in [2.24, 2.45) is 5.92 Å². The van der Waals surface area contributed by atoms with E-state index in [4.69, 9.17) is 0 Å². The molecule has 0 aliphatic carbocycles. The highest BCUT2D eigenvalue weighted by atomic mass is 15.0. The van der Waals surface area contributed by atoms with Gasteiger partial charge in [0.2, 0.25) is 7.41 Å². The molecule has 0 amide bonds. The molecule has 0 aromatic carbocycles. The van der Waals surface area contributed by atoms with Crippen molar-refractivity contribution in [3.05, 3.63) is 0 Å². The van der Waals surface area contributed by atoms with Crippen LogP contribution in [0, 0.1) is 5.92 Å². The third-order valence-electron chi connectivity index (χ3n) is 2.90. The lowest BCUT2D eigenvalue weighted by Gasteiger charge is -2.22. The van der Waals surface area contributed by atoms with Gasteiger partial charge in [-0.1, -0.05) is 46.9 Å². The molecule has 78 valence electrons. The second-order valence-electron chi connectivity index (χ2n) is 4.60. The van der Waals surface area contributed by atoms with Crippen molar-refractivity contribution in [3.63, 3.8) is 0 Å². The molecule has 0 N–H and O–H groups in total. The molecule has 0 rings (SSSR count). The van der Waals surface area contributed by atoms with Crippen LogP contribution in [0.1, 0.15) is 46.5 Å². The molecule has 0 saturated heterocycles. The van der Waals surface area contributed by atoms with Crippen LogP contribution in [-0.2, 0) is 0 Å². The van der Waals surface area contributed by atoms with E-state index in [1.54, 1.807) is 0 Å². The zero-order valence-electron chi connectivity index (χ0n) is 10.1. The van der Waals surface area contributed by atoms with Crippen LogP contribution in [0.15, 0.2) is 0 Å². The van der Waals surface area contributed by atoms with E-state index in [0.717, 1.165) is 12.0 Å². The Kier molecular flexibility index (Phi) is 7.45. The molecule has 0 aliphatic heterocycles. The highest BCUT2D eigenvalue weighted by molar-refractivity contribution is 6.29. The fraction of sp³-hybridized carbons (Fsp3) is 1.00. The summed E-state index contributed by atoms with van der Waals surface area (Å²) in [6, 6.07) is 0.761. The maximum atomic E-state index is 2.43. The van der Waals surface area contributed by atoms with Gasteiger partial charge in [0.25, 0.3) is 0 Å². The van der Waals surface area contributed by atoms with Crippen LogP contribution in [-0.4, -0.2) is 25.3 Å². The minimum atomic E-state index is 0.761. The summed E-state index contributed by atoms with van der Waals surface area (Å²) in [6.07, 6.45) is 5.54. The lowest BCUT2D eigenvalue weighted by molar-refractivity contribution is 0.372. The first-order valence-electron chi connectivity index (χ1n) is 5.78. The average molecular weight is 183 g/mol. The van der Waals surface area contributed by atoms with Gasteiger partial charge in [-0.15, -0.1) is 0 Å². The first-order valence-corrected chi connectivity index (χ1v) is 5.78. The van der Waals surface area contributed by atoms with Gasteiger partial charge in [0.05, 0.1) is 0 Å². The lowest BCUT2D eigenvalue weighted by atomic mass is 9.92. The zero-order valence-corrected chi connectivity index (χ0v) is 10.1. The monoisotopic (exact) mass is 183 g/mol. The topological polar surface area (TPSA) is 3.24 Å². The molecule has 2 heteroatoms. The van der Waals surface area contributed by atoms with Crippen molar-refractivity contribution >= 4 is 7.41 Å². The normalized spacial score (nSPS) is 13.8. The van der Waals surface area contributed by atoms with E-state index in [-0.39, 0.29) is 0 Å². The van der Waals surface area contributed by atoms with Gasteiger partial charge in [-0.25, -0.2) is 0 Å². The van der Waals surface area contributed by atoms with Crippen molar-refractivity contribution in [2.75, 3.05) is 7.05 Å². The van der Waals surface area contributed by atoms with E-state index in [1.807, 2.05) is 0 Å². The number of hydrogen-bond donors (Lipinski definition) is 0. The summed E-state index contributed by atoms with van der Waals surface area (Å²) in [4.78, 5) is 2.43. The fourth-order valence-corrected chi connectivity index (χ4v) is 1.52. The van der Waals surface area contributed by atoms with Crippen LogP contribution in [0.2, 0.25) is 6.82 Å². The SMILES string of the molecule is CBN(C)C(C)CCCCC(C)C. The van der Waals surface area contributed by atoms with Gasteiger partial charge in [0, 0.05) is 0 Å². The molecule has 0 aliphatic rings. The van der Waals surface area contributed by atoms with Crippen LogP contribution in [0.5, 0.6) is 0 Å². The third-order valence-corrected chi connectivity index (χ3v) is 2.90. The van der Waals surface area contributed by atoms with Crippen LogP contribution >= 0.6 is 0 Å². The molecular weight excluding hydrogens is 157 g/mol. The lowest BCUT2D eigenvalue weighted by Crippen LogP contribution is -2.30. The van der Waals surface area contributed by atoms with Gasteiger partial charge in [0.15, 0.2) is 0 Å². The molecule has 0 aromatic rings. The maximum absolute atomic E-state index is 2.43. The summed E-state index contributed by atoms with van der Waals surface area (Å²) in [5, 5.41) is 0. The Labute approximate surface area is 85.2 Å². The summed E-state index contributed by atoms with van der Waals surface area (Å²) in [7, 11) is 3.39. The Morgan fingerprint density at radius 1 is 1.08 bits per heavy atom. The minimum absolute atomic E-state index is 0.761. The van der Waals surface area contributed by atoms with Gasteiger partial charge in [-0.05, 0) is 25.4 Å². The molecule has 0 spiro atoms. The van der Waals surface area contributed by atoms with Crippen molar-refractivity contribution in [1.82, 2.24) is 4.81 Å². The molecule has 1 atom stereocenters. The number of rotatable bonds is 7. The Balaban J connectivity index is 3.31. The largest absolute Gasteiger partial charge is 0.346 e. The summed E-state index contributed by atoms with van der Waals surface area (Å²) >= 11 is 0. The summed E-state index contributed by atoms with van der Waals surface area (Å²) < 4.78 is 0. The van der Waals surface area contributed by atoms with Crippen LogP contribution in [0.25, 0.3) is 0 Å². The van der Waals surface area contributed by atoms with Gasteiger partial charge in [-0.2, -0.15) is 0 Å². The van der Waals surface area contributed by atoms with Gasteiger partial charge in [0.1, 0.15) is 0 Å². The molecular formula is C11H26BN. The zero-order chi connectivity index (χ0) is 10.3. The molecule has 13 heavy (non-hydrogen) atoms. The molecule has 0 bridgehead atoms. The van der Waals surface area contributed by atoms with E-state index in [1.165, 1.54) is 33.1 Å². The molecule has 0 saturated carbocycles. The highest BCUT2D eigenvalue weighted by Gasteiger charge is 2.06. The van der Waals surface area contributed by atoms with E-state index < -0.39 is 0 Å². The Bertz CT molecular complexity index is 115. The first-order chi connectivity index (χ1) is 6.07. The minimum Gasteiger partial charge on any atom is -0.346 e. The molecule has 0 radical (unpaired) electrons. The van der Waals surface area contributed by atoms with E-state index in [9.17, 15) is 0 Å². The summed E-state index contributed by atoms with van der Waals surface area (Å²) in [5.41, 5.74) is 0. The molecule has 0 heterocycles. The standard InChI is InChI=1S/C11H26BN/c1-10(2)8-6-7-9-11(3)13(5)12-4/h10-12H,6-9H2,1-5H3. The van der Waals surface area contributed by atoms with E-state index >= 15 is 0 Å². The second kappa shape index (κ2) is 7.43. The second-order valence-corrected chi connectivity index (χ2v) is 4.60. The van der Waals surface area contributed by atoms with Gasteiger partial charge >= 0.3 is 0 Å². The van der Waals surface area contributed by atoms with E-state index in [0.29, 0.717) is 0 Å². The smallest absolute Gasteiger partial charge is 0.201 e. The average Bonchev–Trinajstić information content (AvgIpc) is 2.10. The summed E-state index contributed by atoms with van der Waals surface area (Å²) in [5.74, 6) is 0.874. The van der Waals surface area contributed by atoms with Crippen molar-refractivity contribution in [1.29, 1.82) is 0 Å². The van der Waals surface area contributed by atoms with Crippen LogP contribution in [0.4, 0.5) is 0 Å². The van der Waals surface area contributed by atoms with Gasteiger partial charge < -0.3 is 4.81 Å². The highest BCUT2D eigenvalue weighted by Crippen LogP contribution is 2.11. The molecule has 1 unspecified atom stereocenters. The number of nitrogens with zero attached hydrogens (tertiary/aromatic N) is 1. The predicted octanol–water partition coefficient (Wildman–Crippen LogP) is 2.92. The van der Waals surface area contributed by atoms with Crippen molar-refractivity contribution in [3.8, 4) is 0 Å². The van der Waals surface area contributed by atoms with Crippen molar-refractivity contribution in [2.45, 2.75) is 59.3 Å². The molecule has 0 aromatic heterocycles. The molecule has 1 nitrogen and oxygen atoms in total. The fourth-order valence-electron chi connectivity index (χ4n) is 1.52. The number of hydrogen-bond acceptors (Lipinski definition) is 1. The predicted molar refractivity (Wildman–Crippen MR) is 63.5 cm³/mol. The molecule has 0 fully saturated rings. The van der Waals surface area contributed by atoms with E-state index in [2.05, 4.69) is 39.5 Å². The van der Waals surface area contributed by atoms with Crippen LogP contribution < -0.4 is 0 Å². The van der Waals surface area contributed by atoms with Crippen molar-refractivity contribution < 1.29 is 0 Å². The Morgan fingerprint density at radius 3 is 2.08 bits per heavy atom. The Hall–Kier alpha value is 0.0249. The maximum Gasteiger partial charge on any atom is 0.201 e. The van der Waals surface area contributed by atoms with Crippen LogP contribution in [0.3, 0.4) is 0 Å².